The average Bonchev–Trinajstić information content (AvgIpc) is 2.72. The van der Waals surface area contributed by atoms with Crippen molar-refractivity contribution in [3.8, 4) is 0 Å². The molecule has 1 saturated heterocycles. The van der Waals surface area contributed by atoms with E-state index in [0.29, 0.717) is 43.2 Å². The van der Waals surface area contributed by atoms with Crippen molar-refractivity contribution in [1.82, 2.24) is 9.80 Å². The van der Waals surface area contributed by atoms with Gasteiger partial charge in [-0.2, -0.15) is 0 Å². The number of rotatable bonds is 6. The molecular formula is C22H27F2N3O2. The van der Waals surface area contributed by atoms with Gasteiger partial charge >= 0.3 is 0 Å². The van der Waals surface area contributed by atoms with Gasteiger partial charge in [-0.05, 0) is 18.6 Å². The van der Waals surface area contributed by atoms with Crippen molar-refractivity contribution in [2.45, 2.75) is 25.9 Å². The number of hydrogen-bond acceptors (Lipinski definition) is 3. The molecule has 0 aromatic heterocycles. The molecule has 7 heteroatoms. The maximum Gasteiger partial charge on any atom is 0.270 e. The lowest BCUT2D eigenvalue weighted by molar-refractivity contribution is -0.127. The molecule has 1 amide bonds. The zero-order valence-electron chi connectivity index (χ0n) is 16.8. The number of amides is 1. The van der Waals surface area contributed by atoms with E-state index in [4.69, 9.17) is 0 Å². The van der Waals surface area contributed by atoms with Crippen LogP contribution in [0.2, 0.25) is 0 Å². The third-order valence-electron chi connectivity index (χ3n) is 4.76. The Labute approximate surface area is 170 Å². The Bertz CT molecular complexity index is 802. The minimum Gasteiger partial charge on any atom is -0.384 e. The SMILES string of the molecule is C=CC(=O)N1CCN(C(=N/C=C\C)C(=C)C(O)c2ccc(C(C)(F)F)cc2)CC1. The maximum atomic E-state index is 13.4. The molecule has 1 aliphatic rings. The van der Waals surface area contributed by atoms with E-state index in [9.17, 15) is 18.7 Å². The highest BCUT2D eigenvalue weighted by Crippen LogP contribution is 2.29. The number of piperazine rings is 1. The first kappa shape index (κ1) is 22.5. The van der Waals surface area contributed by atoms with Gasteiger partial charge in [-0.25, -0.2) is 13.8 Å². The summed E-state index contributed by atoms with van der Waals surface area (Å²) in [6.07, 6.45) is 3.56. The third-order valence-corrected chi connectivity index (χ3v) is 4.76. The highest BCUT2D eigenvalue weighted by atomic mass is 19.3. The molecule has 29 heavy (non-hydrogen) atoms. The maximum absolute atomic E-state index is 13.4. The van der Waals surface area contributed by atoms with Crippen molar-refractivity contribution in [3.05, 3.63) is 72.5 Å². The molecule has 0 aliphatic carbocycles. The monoisotopic (exact) mass is 403 g/mol. The number of halogens is 2. The van der Waals surface area contributed by atoms with Crippen molar-refractivity contribution < 1.29 is 18.7 Å². The summed E-state index contributed by atoms with van der Waals surface area (Å²) in [5.74, 6) is -2.56. The molecule has 1 aromatic carbocycles. The quantitative estimate of drug-likeness (QED) is 0.448. The molecule has 156 valence electrons. The Morgan fingerprint density at radius 2 is 1.76 bits per heavy atom. The summed E-state index contributed by atoms with van der Waals surface area (Å²) >= 11 is 0. The Morgan fingerprint density at radius 3 is 2.24 bits per heavy atom. The molecule has 1 fully saturated rings. The van der Waals surface area contributed by atoms with Gasteiger partial charge in [0.05, 0.1) is 0 Å². The van der Waals surface area contributed by atoms with Crippen molar-refractivity contribution >= 4 is 11.7 Å². The number of hydrogen-bond donors (Lipinski definition) is 1. The van der Waals surface area contributed by atoms with Gasteiger partial charge in [0.25, 0.3) is 5.92 Å². The minimum absolute atomic E-state index is 0.120. The van der Waals surface area contributed by atoms with Gasteiger partial charge in [0.15, 0.2) is 0 Å². The van der Waals surface area contributed by atoms with Crippen molar-refractivity contribution in [2.24, 2.45) is 4.99 Å². The van der Waals surface area contributed by atoms with E-state index in [0.717, 1.165) is 6.92 Å². The first-order valence-electron chi connectivity index (χ1n) is 9.39. The fourth-order valence-electron chi connectivity index (χ4n) is 3.06. The number of carbonyl (C=O) groups excluding carboxylic acids is 1. The van der Waals surface area contributed by atoms with Gasteiger partial charge in [0.2, 0.25) is 5.91 Å². The second-order valence-electron chi connectivity index (χ2n) is 6.89. The summed E-state index contributed by atoms with van der Waals surface area (Å²) in [5.41, 5.74) is 0.698. The first-order valence-corrected chi connectivity index (χ1v) is 9.39. The minimum atomic E-state index is -2.94. The highest BCUT2D eigenvalue weighted by molar-refractivity contribution is 5.99. The van der Waals surface area contributed by atoms with Gasteiger partial charge in [-0.3, -0.25) is 4.79 Å². The second-order valence-corrected chi connectivity index (χ2v) is 6.89. The van der Waals surface area contributed by atoms with E-state index in [2.05, 4.69) is 18.2 Å². The van der Waals surface area contributed by atoms with Crippen LogP contribution in [0.3, 0.4) is 0 Å². The fourth-order valence-corrected chi connectivity index (χ4v) is 3.06. The van der Waals surface area contributed by atoms with Crippen LogP contribution in [0.1, 0.15) is 31.1 Å². The van der Waals surface area contributed by atoms with Gasteiger partial charge in [-0.15, -0.1) is 0 Å². The molecule has 0 bridgehead atoms. The zero-order chi connectivity index (χ0) is 21.6. The van der Waals surface area contributed by atoms with Gasteiger partial charge < -0.3 is 14.9 Å². The molecule has 1 aliphatic heterocycles. The van der Waals surface area contributed by atoms with Crippen molar-refractivity contribution in [2.75, 3.05) is 26.2 Å². The van der Waals surface area contributed by atoms with Crippen LogP contribution in [0, 0.1) is 0 Å². The Morgan fingerprint density at radius 1 is 1.21 bits per heavy atom. The van der Waals surface area contributed by atoms with Crippen LogP contribution in [0.5, 0.6) is 0 Å². The zero-order valence-corrected chi connectivity index (χ0v) is 16.8. The standard InChI is InChI=1S/C22H27F2N3O2/c1-5-11-25-21(27-14-12-26(13-15-27)19(28)6-2)16(3)20(29)17-7-9-18(10-8-17)22(4,23)24/h5-11,20,29H,2-3,12-15H2,1,4H3/b11-5-,25-21?. The molecule has 2 rings (SSSR count). The normalized spacial score (nSPS) is 16.8. The van der Waals surface area contributed by atoms with E-state index in [1.807, 2.05) is 11.8 Å². The molecule has 0 radical (unpaired) electrons. The summed E-state index contributed by atoms with van der Waals surface area (Å²) in [7, 11) is 0. The van der Waals surface area contributed by atoms with Gasteiger partial charge in [-0.1, -0.05) is 43.5 Å². The number of amidine groups is 1. The fraction of sp³-hybridized carbons (Fsp3) is 0.364. The lowest BCUT2D eigenvalue weighted by Gasteiger charge is -2.37. The van der Waals surface area contributed by atoms with Crippen molar-refractivity contribution in [3.63, 3.8) is 0 Å². The van der Waals surface area contributed by atoms with Crippen LogP contribution in [-0.2, 0) is 10.7 Å². The van der Waals surface area contributed by atoms with E-state index >= 15 is 0 Å². The Balaban J connectivity index is 2.19. The van der Waals surface area contributed by atoms with Crippen LogP contribution in [0.4, 0.5) is 8.78 Å². The topological polar surface area (TPSA) is 56.1 Å². The molecule has 0 spiro atoms. The third kappa shape index (κ3) is 5.60. The Kier molecular flexibility index (Phi) is 7.45. The van der Waals surface area contributed by atoms with Crippen LogP contribution in [0.25, 0.3) is 0 Å². The first-order chi connectivity index (χ1) is 13.7. The Hall–Kier alpha value is -2.80. The molecule has 1 aromatic rings. The summed E-state index contributed by atoms with van der Waals surface area (Å²) in [4.78, 5) is 19.8. The highest BCUT2D eigenvalue weighted by Gasteiger charge is 2.27. The summed E-state index contributed by atoms with van der Waals surface area (Å²) in [6.45, 7) is 12.2. The second kappa shape index (κ2) is 9.60. The molecule has 1 heterocycles. The van der Waals surface area contributed by atoms with E-state index in [1.54, 1.807) is 17.2 Å². The number of alkyl halides is 2. The summed E-state index contributed by atoms with van der Waals surface area (Å²) in [6, 6.07) is 5.54. The lowest BCUT2D eigenvalue weighted by atomic mass is 9.98. The summed E-state index contributed by atoms with van der Waals surface area (Å²) in [5, 5.41) is 10.8. The summed E-state index contributed by atoms with van der Waals surface area (Å²) < 4.78 is 26.8. The number of carbonyl (C=O) groups is 1. The van der Waals surface area contributed by atoms with E-state index < -0.39 is 12.0 Å². The number of nitrogens with zero attached hydrogens (tertiary/aromatic N) is 3. The van der Waals surface area contributed by atoms with E-state index in [-0.39, 0.29) is 11.5 Å². The molecular weight excluding hydrogens is 376 g/mol. The number of aliphatic hydroxyl groups excluding tert-OH is 1. The smallest absolute Gasteiger partial charge is 0.270 e. The van der Waals surface area contributed by atoms with Gasteiger partial charge in [0.1, 0.15) is 11.9 Å². The lowest BCUT2D eigenvalue weighted by Crippen LogP contribution is -2.50. The number of aliphatic imine (C=N–C) groups is 1. The van der Waals surface area contributed by atoms with Crippen LogP contribution < -0.4 is 0 Å². The molecule has 0 saturated carbocycles. The van der Waals surface area contributed by atoms with Crippen LogP contribution in [-0.4, -0.2) is 52.8 Å². The predicted octanol–water partition coefficient (Wildman–Crippen LogP) is 3.65. The van der Waals surface area contributed by atoms with Crippen molar-refractivity contribution in [1.29, 1.82) is 0 Å². The number of aliphatic hydroxyl groups is 1. The number of allylic oxidation sites excluding steroid dienone is 1. The predicted molar refractivity (Wildman–Crippen MR) is 111 cm³/mol. The molecule has 5 nitrogen and oxygen atoms in total. The van der Waals surface area contributed by atoms with E-state index in [1.165, 1.54) is 30.3 Å². The molecule has 1 unspecified atom stereocenters. The van der Waals surface area contributed by atoms with Crippen LogP contribution in [0.15, 0.2) is 66.3 Å². The van der Waals surface area contributed by atoms with Crippen LogP contribution >= 0.6 is 0 Å². The largest absolute Gasteiger partial charge is 0.384 e. The molecule has 1 N–H and O–H groups in total. The number of benzene rings is 1. The van der Waals surface area contributed by atoms with Gasteiger partial charge in [0, 0.05) is 50.4 Å². The molecule has 1 atom stereocenters. The average molecular weight is 403 g/mol.